The largest absolute Gasteiger partial charge is 0.496 e. The van der Waals surface area contributed by atoms with Crippen LogP contribution in [-0.4, -0.2) is 7.11 Å². The fourth-order valence-electron chi connectivity index (χ4n) is 1.73. The predicted octanol–water partition coefficient (Wildman–Crippen LogP) is 5.01. The minimum atomic E-state index is 0.976. The molecule has 3 heteroatoms. The fraction of sp³-hybridized carbons (Fsp3) is 0.200. The van der Waals surface area contributed by atoms with Gasteiger partial charge in [-0.25, -0.2) is 0 Å². The van der Waals surface area contributed by atoms with Crippen molar-refractivity contribution >= 4 is 34.4 Å². The SMILES string of the molecule is CCc1cc(Sc2ccc(I)cc2)ccc1OC. The predicted molar refractivity (Wildman–Crippen MR) is 85.7 cm³/mol. The standard InChI is InChI=1S/C15H15IOS/c1-3-11-10-14(8-9-15(11)17-2)18-13-6-4-12(16)5-7-13/h4-10H,3H2,1-2H3. The van der Waals surface area contributed by atoms with E-state index in [-0.39, 0.29) is 0 Å². The summed E-state index contributed by atoms with van der Waals surface area (Å²) in [4.78, 5) is 2.52. The third-order valence-corrected chi connectivity index (χ3v) is 4.40. The molecule has 0 aromatic heterocycles. The van der Waals surface area contributed by atoms with E-state index < -0.39 is 0 Å². The Morgan fingerprint density at radius 2 is 1.72 bits per heavy atom. The highest BCUT2D eigenvalue weighted by Gasteiger charge is 2.04. The first kappa shape index (κ1) is 13.7. The van der Waals surface area contributed by atoms with Crippen LogP contribution in [0.3, 0.4) is 0 Å². The smallest absolute Gasteiger partial charge is 0.122 e. The molecule has 94 valence electrons. The molecule has 0 aliphatic rings. The summed E-state index contributed by atoms with van der Waals surface area (Å²) in [6, 6.07) is 14.9. The van der Waals surface area contributed by atoms with Gasteiger partial charge >= 0.3 is 0 Å². The summed E-state index contributed by atoms with van der Waals surface area (Å²) in [5.41, 5.74) is 1.26. The lowest BCUT2D eigenvalue weighted by molar-refractivity contribution is 0.409. The lowest BCUT2D eigenvalue weighted by Gasteiger charge is -2.09. The van der Waals surface area contributed by atoms with Gasteiger partial charge in [0.2, 0.25) is 0 Å². The van der Waals surface area contributed by atoms with Gasteiger partial charge in [0.15, 0.2) is 0 Å². The Labute approximate surface area is 126 Å². The van der Waals surface area contributed by atoms with Gasteiger partial charge in [-0.15, -0.1) is 0 Å². The molecule has 0 saturated carbocycles. The van der Waals surface area contributed by atoms with Crippen LogP contribution in [0.1, 0.15) is 12.5 Å². The molecule has 1 nitrogen and oxygen atoms in total. The van der Waals surface area contributed by atoms with E-state index in [2.05, 4.69) is 65.9 Å². The third-order valence-electron chi connectivity index (χ3n) is 2.68. The van der Waals surface area contributed by atoms with Crippen LogP contribution in [0.5, 0.6) is 5.75 Å². The lowest BCUT2D eigenvalue weighted by atomic mass is 10.1. The molecular formula is C15H15IOS. The molecule has 0 unspecified atom stereocenters. The van der Waals surface area contributed by atoms with Crippen LogP contribution in [0, 0.1) is 3.57 Å². The molecule has 0 radical (unpaired) electrons. The van der Waals surface area contributed by atoms with Gasteiger partial charge in [0, 0.05) is 13.4 Å². The number of hydrogen-bond acceptors (Lipinski definition) is 2. The van der Waals surface area contributed by atoms with Crippen molar-refractivity contribution in [3.8, 4) is 5.75 Å². The van der Waals surface area contributed by atoms with Crippen molar-refractivity contribution in [2.45, 2.75) is 23.1 Å². The Bertz CT molecular complexity index is 523. The van der Waals surface area contributed by atoms with E-state index in [1.54, 1.807) is 18.9 Å². The van der Waals surface area contributed by atoms with Crippen LogP contribution < -0.4 is 4.74 Å². The number of ether oxygens (including phenoxy) is 1. The average Bonchev–Trinajstić information content (AvgIpc) is 2.41. The monoisotopic (exact) mass is 370 g/mol. The van der Waals surface area contributed by atoms with Gasteiger partial charge in [-0.2, -0.15) is 0 Å². The molecule has 0 saturated heterocycles. The molecule has 0 heterocycles. The molecule has 2 rings (SSSR count). The third kappa shape index (κ3) is 3.42. The molecule has 0 aliphatic heterocycles. The zero-order valence-corrected chi connectivity index (χ0v) is 13.4. The topological polar surface area (TPSA) is 9.23 Å². The van der Waals surface area contributed by atoms with E-state index in [1.165, 1.54) is 18.9 Å². The fourth-order valence-corrected chi connectivity index (χ4v) is 2.97. The van der Waals surface area contributed by atoms with E-state index in [0.717, 1.165) is 12.2 Å². The lowest BCUT2D eigenvalue weighted by Crippen LogP contribution is -1.90. The number of rotatable bonds is 4. The van der Waals surface area contributed by atoms with E-state index in [4.69, 9.17) is 4.74 Å². The molecule has 2 aromatic carbocycles. The van der Waals surface area contributed by atoms with Gasteiger partial charge in [0.1, 0.15) is 5.75 Å². The highest BCUT2D eigenvalue weighted by molar-refractivity contribution is 14.1. The molecular weight excluding hydrogens is 355 g/mol. The molecule has 0 spiro atoms. The van der Waals surface area contributed by atoms with Gasteiger partial charge in [0.25, 0.3) is 0 Å². The summed E-state index contributed by atoms with van der Waals surface area (Å²) < 4.78 is 6.61. The summed E-state index contributed by atoms with van der Waals surface area (Å²) in [6.07, 6.45) is 0.990. The van der Waals surface area contributed by atoms with E-state index in [0.29, 0.717) is 0 Å². The van der Waals surface area contributed by atoms with E-state index >= 15 is 0 Å². The van der Waals surface area contributed by atoms with Crippen LogP contribution in [0.4, 0.5) is 0 Å². The van der Waals surface area contributed by atoms with Gasteiger partial charge in [-0.1, -0.05) is 18.7 Å². The Balaban J connectivity index is 2.21. The van der Waals surface area contributed by atoms with Crippen molar-refractivity contribution in [1.82, 2.24) is 0 Å². The van der Waals surface area contributed by atoms with Crippen LogP contribution in [0.25, 0.3) is 0 Å². The summed E-state index contributed by atoms with van der Waals surface area (Å²) in [6.45, 7) is 2.15. The number of halogens is 1. The number of methoxy groups -OCH3 is 1. The van der Waals surface area contributed by atoms with Crippen LogP contribution in [0.2, 0.25) is 0 Å². The van der Waals surface area contributed by atoms with E-state index in [9.17, 15) is 0 Å². The Kier molecular flexibility index (Phi) is 4.95. The molecule has 0 fully saturated rings. The molecule has 0 atom stereocenters. The summed E-state index contributed by atoms with van der Waals surface area (Å²) >= 11 is 4.11. The van der Waals surface area contributed by atoms with Gasteiger partial charge < -0.3 is 4.74 Å². The second-order valence-corrected chi connectivity index (χ2v) is 6.28. The first-order valence-corrected chi connectivity index (χ1v) is 7.72. The second kappa shape index (κ2) is 6.48. The van der Waals surface area contributed by atoms with Crippen LogP contribution >= 0.6 is 34.4 Å². The minimum Gasteiger partial charge on any atom is -0.496 e. The summed E-state index contributed by atoms with van der Waals surface area (Å²) in [5, 5.41) is 0. The van der Waals surface area contributed by atoms with E-state index in [1.807, 2.05) is 6.07 Å². The average molecular weight is 370 g/mol. The molecule has 0 N–H and O–H groups in total. The van der Waals surface area contributed by atoms with Gasteiger partial charge in [0.05, 0.1) is 7.11 Å². The Morgan fingerprint density at radius 3 is 2.33 bits per heavy atom. The van der Waals surface area contributed by atoms with Crippen LogP contribution in [-0.2, 0) is 6.42 Å². The number of benzene rings is 2. The maximum Gasteiger partial charge on any atom is 0.122 e. The number of aryl methyl sites for hydroxylation is 1. The highest BCUT2D eigenvalue weighted by atomic mass is 127. The van der Waals surface area contributed by atoms with Gasteiger partial charge in [-0.05, 0) is 77.0 Å². The van der Waals surface area contributed by atoms with Gasteiger partial charge in [-0.3, -0.25) is 0 Å². The Hall–Kier alpha value is -0.680. The van der Waals surface area contributed by atoms with Crippen molar-refractivity contribution in [2.75, 3.05) is 7.11 Å². The summed E-state index contributed by atoms with van der Waals surface area (Å²) in [7, 11) is 1.72. The zero-order chi connectivity index (χ0) is 13.0. The summed E-state index contributed by atoms with van der Waals surface area (Å²) in [5.74, 6) is 0.976. The maximum absolute atomic E-state index is 5.35. The normalized spacial score (nSPS) is 10.4. The minimum absolute atomic E-state index is 0.976. The van der Waals surface area contributed by atoms with Crippen molar-refractivity contribution in [1.29, 1.82) is 0 Å². The maximum atomic E-state index is 5.35. The van der Waals surface area contributed by atoms with Crippen molar-refractivity contribution in [2.24, 2.45) is 0 Å². The molecule has 2 aromatic rings. The highest BCUT2D eigenvalue weighted by Crippen LogP contribution is 2.31. The quantitative estimate of drug-likeness (QED) is 0.700. The first-order chi connectivity index (χ1) is 8.72. The Morgan fingerprint density at radius 1 is 1.06 bits per heavy atom. The van der Waals surface area contributed by atoms with Crippen molar-refractivity contribution in [3.63, 3.8) is 0 Å². The van der Waals surface area contributed by atoms with Crippen molar-refractivity contribution in [3.05, 3.63) is 51.6 Å². The molecule has 18 heavy (non-hydrogen) atoms. The number of hydrogen-bond donors (Lipinski definition) is 0. The zero-order valence-electron chi connectivity index (χ0n) is 10.4. The molecule has 0 amide bonds. The first-order valence-electron chi connectivity index (χ1n) is 5.83. The van der Waals surface area contributed by atoms with Crippen LogP contribution in [0.15, 0.2) is 52.3 Å². The second-order valence-electron chi connectivity index (χ2n) is 3.88. The molecule has 0 bridgehead atoms. The van der Waals surface area contributed by atoms with Crippen molar-refractivity contribution < 1.29 is 4.74 Å². The molecule has 0 aliphatic carbocycles.